The highest BCUT2D eigenvalue weighted by molar-refractivity contribution is 6.05. The van der Waals surface area contributed by atoms with E-state index in [1.54, 1.807) is 37.5 Å². The Morgan fingerprint density at radius 2 is 2.09 bits per heavy atom. The second kappa shape index (κ2) is 6.50. The predicted octanol–water partition coefficient (Wildman–Crippen LogP) is 3.24. The second-order valence-corrected chi connectivity index (χ2v) is 4.88. The normalized spacial score (nSPS) is 10.7. The number of hydrogen-bond acceptors (Lipinski definition) is 6. The molecule has 0 saturated carbocycles. The number of rotatable bonds is 5. The molecule has 2 heterocycles. The Hall–Kier alpha value is -2.86. The summed E-state index contributed by atoms with van der Waals surface area (Å²) >= 11 is 0. The molecular formula is C17H16N2O4. The number of aromatic nitrogens is 1. The largest absolute Gasteiger partial charge is 0.460 e. The Kier molecular flexibility index (Phi) is 4.25. The summed E-state index contributed by atoms with van der Waals surface area (Å²) in [6, 6.07) is 9.01. The molecule has 0 fully saturated rings. The van der Waals surface area contributed by atoms with Crippen LogP contribution >= 0.6 is 0 Å². The van der Waals surface area contributed by atoms with E-state index < -0.39 is 5.97 Å². The van der Waals surface area contributed by atoms with Crippen molar-refractivity contribution in [1.29, 1.82) is 0 Å². The lowest BCUT2D eigenvalue weighted by atomic mass is 10.2. The van der Waals surface area contributed by atoms with Gasteiger partial charge in [-0.05, 0) is 30.7 Å². The fourth-order valence-corrected chi connectivity index (χ4v) is 2.25. The molecule has 6 heteroatoms. The van der Waals surface area contributed by atoms with Gasteiger partial charge < -0.3 is 19.6 Å². The molecular weight excluding hydrogens is 296 g/mol. The van der Waals surface area contributed by atoms with Crippen LogP contribution in [0.5, 0.6) is 0 Å². The van der Waals surface area contributed by atoms with Gasteiger partial charge >= 0.3 is 5.97 Å². The first kappa shape index (κ1) is 15.1. The van der Waals surface area contributed by atoms with Crippen LogP contribution in [0.25, 0.3) is 11.0 Å². The summed E-state index contributed by atoms with van der Waals surface area (Å²) < 4.78 is 10.6. The van der Waals surface area contributed by atoms with Crippen molar-refractivity contribution in [3.63, 3.8) is 0 Å². The standard InChI is InChI=1S/C17H16N2O4/c1-2-22-17(21)16-15(13-7-8-18-9-14(13)23-16)19-12-5-3-11(10-20)4-6-12/h3-9,19-20H,2,10H2,1H3. The zero-order chi connectivity index (χ0) is 16.2. The highest BCUT2D eigenvalue weighted by Gasteiger charge is 2.22. The lowest BCUT2D eigenvalue weighted by Gasteiger charge is -2.07. The third kappa shape index (κ3) is 3.02. The zero-order valence-corrected chi connectivity index (χ0v) is 12.6. The molecule has 0 atom stereocenters. The topological polar surface area (TPSA) is 84.6 Å². The van der Waals surface area contributed by atoms with Gasteiger partial charge in [0.15, 0.2) is 5.58 Å². The summed E-state index contributed by atoms with van der Waals surface area (Å²) in [5, 5.41) is 13.0. The van der Waals surface area contributed by atoms with E-state index >= 15 is 0 Å². The zero-order valence-electron chi connectivity index (χ0n) is 12.6. The minimum Gasteiger partial charge on any atom is -0.460 e. The summed E-state index contributed by atoms with van der Waals surface area (Å²) in [5.41, 5.74) is 2.62. The van der Waals surface area contributed by atoms with Gasteiger partial charge in [0, 0.05) is 17.3 Å². The highest BCUT2D eigenvalue weighted by atomic mass is 16.5. The Balaban J connectivity index is 2.02. The van der Waals surface area contributed by atoms with Gasteiger partial charge in [0.25, 0.3) is 0 Å². The van der Waals surface area contributed by atoms with Crippen molar-refractivity contribution in [2.75, 3.05) is 11.9 Å². The van der Waals surface area contributed by atoms with Gasteiger partial charge in [-0.1, -0.05) is 12.1 Å². The molecule has 3 rings (SSSR count). The number of esters is 1. The van der Waals surface area contributed by atoms with Crippen LogP contribution in [0.2, 0.25) is 0 Å². The van der Waals surface area contributed by atoms with Gasteiger partial charge in [0.2, 0.25) is 5.76 Å². The molecule has 1 aromatic carbocycles. The molecule has 0 aliphatic carbocycles. The maximum absolute atomic E-state index is 12.1. The first-order chi connectivity index (χ1) is 11.2. The van der Waals surface area contributed by atoms with Crippen molar-refractivity contribution >= 4 is 28.3 Å². The van der Waals surface area contributed by atoms with E-state index in [0.29, 0.717) is 11.3 Å². The molecule has 0 saturated heterocycles. The first-order valence-electron chi connectivity index (χ1n) is 7.23. The SMILES string of the molecule is CCOC(=O)c1oc2cnccc2c1Nc1ccc(CO)cc1. The van der Waals surface area contributed by atoms with Gasteiger partial charge in [0.1, 0.15) is 5.69 Å². The lowest BCUT2D eigenvalue weighted by molar-refractivity contribution is 0.0494. The Morgan fingerprint density at radius 1 is 1.30 bits per heavy atom. The third-order valence-corrected chi connectivity index (χ3v) is 3.36. The van der Waals surface area contributed by atoms with Crippen LogP contribution in [-0.2, 0) is 11.3 Å². The molecule has 2 aromatic heterocycles. The number of carbonyl (C=O) groups excluding carboxylic acids is 1. The van der Waals surface area contributed by atoms with E-state index in [1.807, 2.05) is 12.1 Å². The van der Waals surface area contributed by atoms with Crippen LogP contribution in [0.4, 0.5) is 11.4 Å². The fourth-order valence-electron chi connectivity index (χ4n) is 2.25. The molecule has 0 amide bonds. The second-order valence-electron chi connectivity index (χ2n) is 4.88. The van der Waals surface area contributed by atoms with Crippen LogP contribution in [0.15, 0.2) is 47.1 Å². The molecule has 3 aromatic rings. The number of benzene rings is 1. The number of furan rings is 1. The molecule has 6 nitrogen and oxygen atoms in total. The van der Waals surface area contributed by atoms with Gasteiger partial charge in [-0.25, -0.2) is 4.79 Å². The van der Waals surface area contributed by atoms with Crippen LogP contribution in [-0.4, -0.2) is 22.7 Å². The van der Waals surface area contributed by atoms with Crippen molar-refractivity contribution in [2.45, 2.75) is 13.5 Å². The number of aliphatic hydroxyl groups excluding tert-OH is 1. The van der Waals surface area contributed by atoms with Crippen molar-refractivity contribution in [1.82, 2.24) is 4.98 Å². The van der Waals surface area contributed by atoms with Crippen LogP contribution in [0.3, 0.4) is 0 Å². The molecule has 2 N–H and O–H groups in total. The third-order valence-electron chi connectivity index (χ3n) is 3.36. The Labute approximate surface area is 132 Å². The van der Waals surface area contributed by atoms with E-state index in [2.05, 4.69) is 10.3 Å². The van der Waals surface area contributed by atoms with Crippen LogP contribution < -0.4 is 5.32 Å². The quantitative estimate of drug-likeness (QED) is 0.704. The molecule has 0 aliphatic heterocycles. The van der Waals surface area contributed by atoms with E-state index in [1.165, 1.54) is 0 Å². The predicted molar refractivity (Wildman–Crippen MR) is 85.6 cm³/mol. The van der Waals surface area contributed by atoms with Gasteiger partial charge in [-0.3, -0.25) is 4.98 Å². The van der Waals surface area contributed by atoms with Crippen molar-refractivity contribution < 1.29 is 19.1 Å². The van der Waals surface area contributed by atoms with E-state index in [4.69, 9.17) is 14.3 Å². The molecule has 0 radical (unpaired) electrons. The van der Waals surface area contributed by atoms with Gasteiger partial charge in [0.05, 0.1) is 19.4 Å². The lowest BCUT2D eigenvalue weighted by Crippen LogP contribution is -2.06. The number of carbonyl (C=O) groups is 1. The summed E-state index contributed by atoms with van der Waals surface area (Å²) in [5.74, 6) is -0.417. The van der Waals surface area contributed by atoms with E-state index in [0.717, 1.165) is 16.6 Å². The molecule has 23 heavy (non-hydrogen) atoms. The minimum atomic E-state index is -0.529. The van der Waals surface area contributed by atoms with E-state index in [-0.39, 0.29) is 19.0 Å². The van der Waals surface area contributed by atoms with Crippen LogP contribution in [0, 0.1) is 0 Å². The summed E-state index contributed by atoms with van der Waals surface area (Å²) in [6.45, 7) is 1.98. The smallest absolute Gasteiger partial charge is 0.376 e. The summed E-state index contributed by atoms with van der Waals surface area (Å²) in [7, 11) is 0. The maximum Gasteiger partial charge on any atom is 0.376 e. The Morgan fingerprint density at radius 3 is 2.78 bits per heavy atom. The van der Waals surface area contributed by atoms with Gasteiger partial charge in [-0.15, -0.1) is 0 Å². The van der Waals surface area contributed by atoms with E-state index in [9.17, 15) is 4.79 Å². The number of nitrogens with zero attached hydrogens (tertiary/aromatic N) is 1. The first-order valence-corrected chi connectivity index (χ1v) is 7.23. The number of ether oxygens (including phenoxy) is 1. The molecule has 0 aliphatic rings. The molecule has 118 valence electrons. The molecule has 0 unspecified atom stereocenters. The summed E-state index contributed by atoms with van der Waals surface area (Å²) in [4.78, 5) is 16.1. The van der Waals surface area contributed by atoms with Crippen molar-refractivity contribution in [3.05, 3.63) is 54.0 Å². The average molecular weight is 312 g/mol. The Bertz CT molecular complexity index is 824. The van der Waals surface area contributed by atoms with Crippen molar-refractivity contribution in [3.8, 4) is 0 Å². The van der Waals surface area contributed by atoms with Crippen molar-refractivity contribution in [2.24, 2.45) is 0 Å². The van der Waals surface area contributed by atoms with Crippen LogP contribution in [0.1, 0.15) is 23.0 Å². The molecule has 0 spiro atoms. The monoisotopic (exact) mass is 312 g/mol. The number of fused-ring (bicyclic) bond motifs is 1. The maximum atomic E-state index is 12.1. The minimum absolute atomic E-state index is 0.0192. The van der Waals surface area contributed by atoms with Gasteiger partial charge in [-0.2, -0.15) is 0 Å². The number of nitrogens with one attached hydrogen (secondary N) is 1. The summed E-state index contributed by atoms with van der Waals surface area (Å²) in [6.07, 6.45) is 3.19. The fraction of sp³-hybridized carbons (Fsp3) is 0.176. The average Bonchev–Trinajstić information content (AvgIpc) is 2.95. The number of aliphatic hydroxyl groups is 1. The number of pyridine rings is 1. The molecule has 0 bridgehead atoms. The highest BCUT2D eigenvalue weighted by Crippen LogP contribution is 2.33. The number of hydrogen-bond donors (Lipinski definition) is 2. The number of anilines is 2.